The van der Waals surface area contributed by atoms with E-state index in [4.69, 9.17) is 4.74 Å². The monoisotopic (exact) mass is 340 g/mol. The zero-order valence-corrected chi connectivity index (χ0v) is 15.0. The highest BCUT2D eigenvalue weighted by Gasteiger charge is 2.40. The summed E-state index contributed by atoms with van der Waals surface area (Å²) in [6, 6.07) is 10.5. The molecule has 1 aromatic rings. The average molecular weight is 341 g/mol. The maximum atomic E-state index is 12.9. The normalized spacial score (nSPS) is 17.8. The van der Waals surface area contributed by atoms with E-state index in [1.54, 1.807) is 7.11 Å². The number of methoxy groups -OCH3 is 1. The molecule has 4 nitrogen and oxygen atoms in total. The average Bonchev–Trinajstić information content (AvgIpc) is 2.56. The Hall–Kier alpha value is -1.10. The SMILES string of the molecule is CCC(Cc1ccccc1)NC(=O)C1(COC)CCNCC1.Cl. The van der Waals surface area contributed by atoms with Crippen LogP contribution in [0.15, 0.2) is 30.3 Å². The van der Waals surface area contributed by atoms with E-state index in [-0.39, 0.29) is 29.8 Å². The van der Waals surface area contributed by atoms with Gasteiger partial charge in [0.05, 0.1) is 12.0 Å². The molecule has 1 aliphatic rings. The van der Waals surface area contributed by atoms with Crippen molar-refractivity contribution in [2.75, 3.05) is 26.8 Å². The standard InChI is InChI=1S/C18H28N2O2.ClH/c1-3-16(13-15-7-5-4-6-8-15)20-17(21)18(14-22-2)9-11-19-12-10-18;/h4-8,16,19H,3,9-14H2,1-2H3,(H,20,21);1H. The summed E-state index contributed by atoms with van der Waals surface area (Å²) < 4.78 is 5.35. The van der Waals surface area contributed by atoms with Gasteiger partial charge in [0.1, 0.15) is 0 Å². The number of carbonyl (C=O) groups is 1. The summed E-state index contributed by atoms with van der Waals surface area (Å²) in [5, 5.41) is 6.59. The van der Waals surface area contributed by atoms with Crippen LogP contribution in [-0.2, 0) is 16.0 Å². The van der Waals surface area contributed by atoms with Crippen LogP contribution in [0.2, 0.25) is 0 Å². The fourth-order valence-electron chi connectivity index (χ4n) is 3.15. The van der Waals surface area contributed by atoms with Crippen molar-refractivity contribution in [3.63, 3.8) is 0 Å². The number of hydrogen-bond donors (Lipinski definition) is 2. The molecule has 0 aliphatic carbocycles. The van der Waals surface area contributed by atoms with Crippen molar-refractivity contribution in [2.24, 2.45) is 5.41 Å². The van der Waals surface area contributed by atoms with E-state index in [2.05, 4.69) is 29.7 Å². The van der Waals surface area contributed by atoms with Crippen molar-refractivity contribution in [3.05, 3.63) is 35.9 Å². The number of halogens is 1. The maximum Gasteiger partial charge on any atom is 0.228 e. The Morgan fingerprint density at radius 1 is 1.30 bits per heavy atom. The number of piperidine rings is 1. The first-order chi connectivity index (χ1) is 10.7. The van der Waals surface area contributed by atoms with Gasteiger partial charge in [-0.15, -0.1) is 12.4 Å². The molecule has 0 radical (unpaired) electrons. The van der Waals surface area contributed by atoms with Crippen LogP contribution < -0.4 is 10.6 Å². The largest absolute Gasteiger partial charge is 0.384 e. The molecule has 130 valence electrons. The molecule has 1 aliphatic heterocycles. The number of rotatable bonds is 7. The Bertz CT molecular complexity index is 456. The molecule has 0 saturated carbocycles. The molecular weight excluding hydrogens is 312 g/mol. The van der Waals surface area contributed by atoms with Gasteiger partial charge in [0, 0.05) is 13.2 Å². The van der Waals surface area contributed by atoms with Crippen molar-refractivity contribution in [3.8, 4) is 0 Å². The van der Waals surface area contributed by atoms with Crippen molar-refractivity contribution < 1.29 is 9.53 Å². The Morgan fingerprint density at radius 2 is 1.96 bits per heavy atom. The van der Waals surface area contributed by atoms with Crippen molar-refractivity contribution in [2.45, 2.75) is 38.6 Å². The molecule has 2 N–H and O–H groups in total. The molecule has 1 aromatic carbocycles. The molecule has 1 atom stereocenters. The number of ether oxygens (including phenoxy) is 1. The summed E-state index contributed by atoms with van der Waals surface area (Å²) in [7, 11) is 1.68. The van der Waals surface area contributed by atoms with E-state index < -0.39 is 0 Å². The van der Waals surface area contributed by atoms with Crippen molar-refractivity contribution in [1.29, 1.82) is 0 Å². The molecule has 1 heterocycles. The van der Waals surface area contributed by atoms with Crippen LogP contribution in [0.3, 0.4) is 0 Å². The molecule has 1 fully saturated rings. The fraction of sp³-hybridized carbons (Fsp3) is 0.611. The Morgan fingerprint density at radius 3 is 2.52 bits per heavy atom. The van der Waals surface area contributed by atoms with Crippen LogP contribution in [-0.4, -0.2) is 38.8 Å². The van der Waals surface area contributed by atoms with E-state index in [0.717, 1.165) is 38.8 Å². The summed E-state index contributed by atoms with van der Waals surface area (Å²) in [6.45, 7) is 4.39. The molecule has 0 bridgehead atoms. The van der Waals surface area contributed by atoms with Gasteiger partial charge in [-0.05, 0) is 44.3 Å². The van der Waals surface area contributed by atoms with E-state index in [0.29, 0.717) is 6.61 Å². The van der Waals surface area contributed by atoms with Gasteiger partial charge in [-0.3, -0.25) is 4.79 Å². The van der Waals surface area contributed by atoms with E-state index in [9.17, 15) is 4.79 Å². The van der Waals surface area contributed by atoms with Gasteiger partial charge >= 0.3 is 0 Å². The Kier molecular flexibility index (Phi) is 8.59. The summed E-state index contributed by atoms with van der Waals surface area (Å²) in [6.07, 6.45) is 3.50. The molecule has 5 heteroatoms. The van der Waals surface area contributed by atoms with Gasteiger partial charge in [0.15, 0.2) is 0 Å². The van der Waals surface area contributed by atoms with Crippen molar-refractivity contribution in [1.82, 2.24) is 10.6 Å². The molecule has 1 saturated heterocycles. The number of amides is 1. The minimum Gasteiger partial charge on any atom is -0.384 e. The van der Waals surface area contributed by atoms with Gasteiger partial charge in [-0.2, -0.15) is 0 Å². The molecular formula is C18H29ClN2O2. The lowest BCUT2D eigenvalue weighted by Crippen LogP contribution is -2.52. The smallest absolute Gasteiger partial charge is 0.228 e. The lowest BCUT2D eigenvalue weighted by Gasteiger charge is -2.36. The van der Waals surface area contributed by atoms with E-state index >= 15 is 0 Å². The topological polar surface area (TPSA) is 50.4 Å². The highest BCUT2D eigenvalue weighted by Crippen LogP contribution is 2.29. The molecule has 0 spiro atoms. The van der Waals surface area contributed by atoms with Gasteiger partial charge in [-0.1, -0.05) is 37.3 Å². The van der Waals surface area contributed by atoms with Crippen LogP contribution in [0.25, 0.3) is 0 Å². The fourth-order valence-corrected chi connectivity index (χ4v) is 3.15. The quantitative estimate of drug-likeness (QED) is 0.802. The first-order valence-electron chi connectivity index (χ1n) is 8.25. The second-order valence-electron chi connectivity index (χ2n) is 6.23. The molecule has 1 unspecified atom stereocenters. The van der Waals surface area contributed by atoms with Gasteiger partial charge < -0.3 is 15.4 Å². The third kappa shape index (κ3) is 5.48. The maximum absolute atomic E-state index is 12.9. The minimum atomic E-state index is -0.371. The van der Waals surface area contributed by atoms with Gasteiger partial charge in [0.25, 0.3) is 0 Å². The van der Waals surface area contributed by atoms with E-state index in [1.807, 2.05) is 18.2 Å². The van der Waals surface area contributed by atoms with Crippen LogP contribution in [0.5, 0.6) is 0 Å². The first kappa shape index (κ1) is 19.9. The zero-order valence-electron chi connectivity index (χ0n) is 14.1. The third-order valence-corrected chi connectivity index (χ3v) is 4.62. The van der Waals surface area contributed by atoms with Gasteiger partial charge in [0.2, 0.25) is 5.91 Å². The summed E-state index contributed by atoms with van der Waals surface area (Å²) >= 11 is 0. The Labute approximate surface area is 145 Å². The third-order valence-electron chi connectivity index (χ3n) is 4.62. The van der Waals surface area contributed by atoms with Crippen LogP contribution in [0.1, 0.15) is 31.7 Å². The number of benzene rings is 1. The predicted octanol–water partition coefficient (Wildman–Crippen LogP) is 2.56. The molecule has 0 aromatic heterocycles. The summed E-state index contributed by atoms with van der Waals surface area (Å²) in [5.74, 6) is 0.152. The van der Waals surface area contributed by atoms with Crippen LogP contribution in [0, 0.1) is 5.41 Å². The predicted molar refractivity (Wildman–Crippen MR) is 96.0 cm³/mol. The summed E-state index contributed by atoms with van der Waals surface area (Å²) in [4.78, 5) is 12.9. The Balaban J connectivity index is 0.00000264. The summed E-state index contributed by atoms with van der Waals surface area (Å²) in [5.41, 5.74) is 0.894. The highest BCUT2D eigenvalue weighted by atomic mass is 35.5. The second-order valence-corrected chi connectivity index (χ2v) is 6.23. The number of carbonyl (C=O) groups excluding carboxylic acids is 1. The van der Waals surface area contributed by atoms with Gasteiger partial charge in [-0.25, -0.2) is 0 Å². The van der Waals surface area contributed by atoms with Crippen LogP contribution >= 0.6 is 12.4 Å². The molecule has 2 rings (SSSR count). The number of nitrogens with one attached hydrogen (secondary N) is 2. The lowest BCUT2D eigenvalue weighted by molar-refractivity contribution is -0.137. The molecule has 1 amide bonds. The first-order valence-corrected chi connectivity index (χ1v) is 8.25. The highest BCUT2D eigenvalue weighted by molar-refractivity contribution is 5.85. The molecule has 23 heavy (non-hydrogen) atoms. The van der Waals surface area contributed by atoms with Crippen molar-refractivity contribution >= 4 is 18.3 Å². The number of hydrogen-bond acceptors (Lipinski definition) is 3. The van der Waals surface area contributed by atoms with Crippen LogP contribution in [0.4, 0.5) is 0 Å². The lowest BCUT2D eigenvalue weighted by atomic mass is 9.78. The van der Waals surface area contributed by atoms with E-state index in [1.165, 1.54) is 5.56 Å². The zero-order chi connectivity index (χ0) is 15.8. The second kappa shape index (κ2) is 9.91. The minimum absolute atomic E-state index is 0.